The lowest BCUT2D eigenvalue weighted by atomic mass is 9.93. The Balaban J connectivity index is 1.13. The number of fused-ring (bicyclic) bond motifs is 2. The molecule has 11 nitrogen and oxygen atoms in total. The van der Waals surface area contributed by atoms with Gasteiger partial charge in [0, 0.05) is 50.0 Å². The number of carbonyl (C=O) groups is 3. The predicted octanol–water partition coefficient (Wildman–Crippen LogP) is 3.78. The maximum atomic E-state index is 14.2. The van der Waals surface area contributed by atoms with Gasteiger partial charge in [0.2, 0.25) is 17.7 Å². The Kier molecular flexibility index (Phi) is 8.25. The summed E-state index contributed by atoms with van der Waals surface area (Å²) in [5, 5.41) is 3.34. The number of pyridine rings is 1. The highest BCUT2D eigenvalue weighted by atomic mass is 32.1. The van der Waals surface area contributed by atoms with Crippen molar-refractivity contribution in [2.24, 2.45) is 0 Å². The van der Waals surface area contributed by atoms with Crippen LogP contribution in [-0.2, 0) is 14.2 Å². The van der Waals surface area contributed by atoms with Crippen molar-refractivity contribution in [2.75, 3.05) is 32.1 Å². The number of amides is 3. The highest BCUT2D eigenvalue weighted by Crippen LogP contribution is 2.53. The number of hydrogen-bond acceptors (Lipinski definition) is 7. The van der Waals surface area contributed by atoms with Crippen molar-refractivity contribution < 1.29 is 33.1 Å². The first-order valence-corrected chi connectivity index (χ1v) is 17.2. The number of rotatable bonds is 7. The van der Waals surface area contributed by atoms with E-state index in [0.717, 1.165) is 42.0 Å². The van der Waals surface area contributed by atoms with Gasteiger partial charge in [0.1, 0.15) is 12.1 Å². The Morgan fingerprint density at radius 1 is 1.14 bits per heavy atom. The second-order valence-electron chi connectivity index (χ2n) is 12.0. The zero-order valence-electron chi connectivity index (χ0n) is 24.4. The van der Waals surface area contributed by atoms with Gasteiger partial charge in [0.25, 0.3) is 5.91 Å². The van der Waals surface area contributed by atoms with E-state index in [2.05, 4.69) is 10.3 Å². The van der Waals surface area contributed by atoms with Gasteiger partial charge in [-0.05, 0) is 73.4 Å². The first-order chi connectivity index (χ1) is 20.9. The normalized spacial score (nSPS) is 23.2. The van der Waals surface area contributed by atoms with Crippen molar-refractivity contribution in [3.63, 3.8) is 0 Å². The van der Waals surface area contributed by atoms with E-state index in [9.17, 15) is 33.1 Å². The van der Waals surface area contributed by atoms with Gasteiger partial charge in [-0.3, -0.25) is 23.9 Å². The molecule has 3 amide bonds. The fraction of sp³-hybridized carbons (Fsp3) is 0.467. The maximum Gasteiger partial charge on any atom is 0.363 e. The number of nitrogens with one attached hydrogen (secondary N) is 1. The molecular formula is C30H35FN5O6PS. The van der Waals surface area contributed by atoms with Crippen LogP contribution in [0.25, 0.3) is 10.1 Å². The van der Waals surface area contributed by atoms with Crippen molar-refractivity contribution in [1.82, 2.24) is 20.1 Å². The van der Waals surface area contributed by atoms with Gasteiger partial charge in [-0.2, -0.15) is 0 Å². The fourth-order valence-corrected chi connectivity index (χ4v) is 8.12. The third-order valence-electron chi connectivity index (χ3n) is 8.89. The molecule has 3 aromatic rings. The van der Waals surface area contributed by atoms with Gasteiger partial charge in [-0.25, -0.2) is 4.39 Å². The molecule has 1 unspecified atom stereocenters. The number of halogens is 1. The smallest absolute Gasteiger partial charge is 0.363 e. The molecule has 3 fully saturated rings. The minimum Gasteiger partial charge on any atom is -0.376 e. The molecule has 0 radical (unpaired) electrons. The zero-order chi connectivity index (χ0) is 31.3. The van der Waals surface area contributed by atoms with Gasteiger partial charge < -0.3 is 29.8 Å². The Morgan fingerprint density at radius 2 is 1.91 bits per heavy atom. The van der Waals surface area contributed by atoms with Crippen LogP contribution < -0.4 is 10.2 Å². The highest BCUT2D eigenvalue weighted by Gasteiger charge is 2.48. The molecule has 0 aliphatic carbocycles. The largest absolute Gasteiger partial charge is 0.376 e. The van der Waals surface area contributed by atoms with Crippen LogP contribution in [0.3, 0.4) is 0 Å². The van der Waals surface area contributed by atoms with Crippen LogP contribution in [-0.4, -0.2) is 87.6 Å². The summed E-state index contributed by atoms with van der Waals surface area (Å²) in [7, 11) is -1.04. The SMILES string of the molecule is CN(C)c1cccnc1C1CN(C(=O)[C@@H]2CC[C@@H]3CCC[C@H](NC(=O)c4cc5cc(C(F)P(=O)(O)O)ccc5s4)C(=O)N32)C1. The molecule has 14 heteroatoms. The van der Waals surface area contributed by atoms with Gasteiger partial charge in [-0.15, -0.1) is 11.3 Å². The number of hydrogen-bond donors (Lipinski definition) is 3. The van der Waals surface area contributed by atoms with E-state index in [1.54, 1.807) is 16.0 Å². The van der Waals surface area contributed by atoms with Crippen molar-refractivity contribution in [3.05, 3.63) is 58.7 Å². The number of likely N-dealkylation sites (tertiary alicyclic amines) is 1. The summed E-state index contributed by atoms with van der Waals surface area (Å²) in [6, 6.07) is 8.18. The number of alkyl halides is 1. The maximum absolute atomic E-state index is 14.2. The molecule has 2 aromatic heterocycles. The van der Waals surface area contributed by atoms with Crippen LogP contribution in [0, 0.1) is 0 Å². The lowest BCUT2D eigenvalue weighted by molar-refractivity contribution is -0.148. The molecule has 0 saturated carbocycles. The fourth-order valence-electron chi connectivity index (χ4n) is 6.63. The molecule has 0 bridgehead atoms. The molecule has 3 saturated heterocycles. The molecule has 6 rings (SSSR count). The van der Waals surface area contributed by atoms with Gasteiger partial charge in [0.15, 0.2) is 0 Å². The molecule has 1 aromatic carbocycles. The van der Waals surface area contributed by atoms with E-state index in [4.69, 9.17) is 0 Å². The van der Waals surface area contributed by atoms with Crippen LogP contribution in [0.1, 0.15) is 64.9 Å². The van der Waals surface area contributed by atoms with E-state index >= 15 is 0 Å². The first kappa shape index (κ1) is 30.6. The summed E-state index contributed by atoms with van der Waals surface area (Å²) in [6.07, 6.45) is 5.05. The molecule has 234 valence electrons. The van der Waals surface area contributed by atoms with Crippen LogP contribution in [0.5, 0.6) is 0 Å². The van der Waals surface area contributed by atoms with Crippen LogP contribution in [0.15, 0.2) is 42.6 Å². The summed E-state index contributed by atoms with van der Waals surface area (Å²) in [4.78, 5) is 69.6. The second-order valence-corrected chi connectivity index (χ2v) is 14.7. The first-order valence-electron chi connectivity index (χ1n) is 14.7. The number of anilines is 1. The quantitative estimate of drug-likeness (QED) is 0.330. The number of nitrogens with zero attached hydrogens (tertiary/aromatic N) is 4. The average molecular weight is 644 g/mol. The molecule has 3 aliphatic rings. The van der Waals surface area contributed by atoms with Crippen LogP contribution in [0.4, 0.5) is 10.1 Å². The summed E-state index contributed by atoms with van der Waals surface area (Å²) >= 11 is 1.15. The van der Waals surface area contributed by atoms with Crippen LogP contribution in [0.2, 0.25) is 0 Å². The van der Waals surface area contributed by atoms with Gasteiger partial charge >= 0.3 is 7.60 Å². The molecular weight excluding hydrogens is 608 g/mol. The van der Waals surface area contributed by atoms with Gasteiger partial charge in [-0.1, -0.05) is 6.07 Å². The highest BCUT2D eigenvalue weighted by molar-refractivity contribution is 7.51. The number of thiophene rings is 1. The minimum atomic E-state index is -4.97. The van der Waals surface area contributed by atoms with E-state index in [0.29, 0.717) is 40.9 Å². The molecule has 44 heavy (non-hydrogen) atoms. The summed E-state index contributed by atoms with van der Waals surface area (Å²) in [6.45, 7) is 1.09. The lowest BCUT2D eigenvalue weighted by Gasteiger charge is -2.43. The Labute approximate surface area is 258 Å². The van der Waals surface area contributed by atoms with E-state index in [1.165, 1.54) is 24.3 Å². The van der Waals surface area contributed by atoms with E-state index < -0.39 is 31.5 Å². The van der Waals surface area contributed by atoms with Gasteiger partial charge in [0.05, 0.1) is 16.3 Å². The Hall–Kier alpha value is -3.38. The summed E-state index contributed by atoms with van der Waals surface area (Å²) < 4.78 is 26.2. The molecule has 0 spiro atoms. The van der Waals surface area contributed by atoms with Crippen molar-refractivity contribution >= 4 is 52.4 Å². The van der Waals surface area contributed by atoms with Crippen molar-refractivity contribution in [3.8, 4) is 0 Å². The molecule has 3 aliphatic heterocycles. The van der Waals surface area contributed by atoms with Crippen LogP contribution >= 0.6 is 18.9 Å². The average Bonchev–Trinajstić information content (AvgIpc) is 3.55. The zero-order valence-corrected chi connectivity index (χ0v) is 26.1. The van der Waals surface area contributed by atoms with E-state index in [-0.39, 0.29) is 29.3 Å². The third-order valence-corrected chi connectivity index (χ3v) is 10.9. The number of carbonyl (C=O) groups excluding carboxylic acids is 3. The molecule has 4 atom stereocenters. The summed E-state index contributed by atoms with van der Waals surface area (Å²) in [5.74, 6) is -3.10. The van der Waals surface area contributed by atoms with Crippen molar-refractivity contribution in [1.29, 1.82) is 0 Å². The summed E-state index contributed by atoms with van der Waals surface area (Å²) in [5.41, 5.74) is 1.82. The standard InChI is InChI=1S/C30H35FN5O6PS/c1-34(2)22-7-4-12-32-26(22)19-15-35(16-19)30(39)23-10-9-20-5-3-6-21(29(38)36(20)23)33-28(37)25-14-18-13-17(8-11-24(18)44-25)27(31)43(40,41)42/h4,7-8,11-14,19-21,23,27H,3,5-6,9-10,15-16H2,1-2H3,(H,33,37)(H2,40,41,42)/t20-,21-,23-,27?/m0/s1. The third kappa shape index (κ3) is 5.74. The monoisotopic (exact) mass is 643 g/mol. The minimum absolute atomic E-state index is 0.0445. The Bertz CT molecular complexity index is 1660. The molecule has 5 heterocycles. The van der Waals surface area contributed by atoms with Crippen molar-refractivity contribution in [2.45, 2.75) is 62.1 Å². The second kappa shape index (κ2) is 11.8. The number of benzene rings is 1. The number of aromatic nitrogens is 1. The predicted molar refractivity (Wildman–Crippen MR) is 164 cm³/mol. The lowest BCUT2D eigenvalue weighted by Crippen LogP contribution is -2.58. The topological polar surface area (TPSA) is 143 Å². The Morgan fingerprint density at radius 3 is 2.64 bits per heavy atom. The molecule has 3 N–H and O–H groups in total. The van der Waals surface area contributed by atoms with E-state index in [1.807, 2.05) is 31.1 Å².